The van der Waals surface area contributed by atoms with E-state index in [1.54, 1.807) is 6.20 Å². The van der Waals surface area contributed by atoms with Gasteiger partial charge in [-0.3, -0.25) is 0 Å². The Morgan fingerprint density at radius 1 is 1.08 bits per heavy atom. The van der Waals surface area contributed by atoms with Gasteiger partial charge in [-0.25, -0.2) is 14.8 Å². The molecule has 4 rings (SSSR count). The summed E-state index contributed by atoms with van der Waals surface area (Å²) in [5, 5.41) is 9.09. The van der Waals surface area contributed by atoms with Gasteiger partial charge in [0.25, 0.3) is 0 Å². The van der Waals surface area contributed by atoms with Gasteiger partial charge < -0.3 is 14.7 Å². The fourth-order valence-electron chi connectivity index (χ4n) is 4.47. The predicted octanol–water partition coefficient (Wildman–Crippen LogP) is 2.65. The first-order valence-corrected chi connectivity index (χ1v) is 9.80. The molecule has 1 aromatic heterocycles. The minimum absolute atomic E-state index is 0.136. The second kappa shape index (κ2) is 7.28. The van der Waals surface area contributed by atoms with Crippen molar-refractivity contribution in [2.24, 2.45) is 0 Å². The molecular weight excluding hydrogens is 352 g/mol. The van der Waals surface area contributed by atoms with E-state index in [-0.39, 0.29) is 22.9 Å². The molecule has 3 aliphatic rings. The Bertz CT molecular complexity index is 729. The van der Waals surface area contributed by atoms with Crippen LogP contribution in [0, 0.1) is 11.3 Å². The molecular formula is C18H23ClN6O. The van der Waals surface area contributed by atoms with Gasteiger partial charge in [0, 0.05) is 32.2 Å². The second-order valence-corrected chi connectivity index (χ2v) is 7.69. The zero-order chi connectivity index (χ0) is 18.1. The molecule has 1 atom stereocenters. The lowest BCUT2D eigenvalue weighted by atomic mass is 10.0. The monoisotopic (exact) mass is 374 g/mol. The Balaban J connectivity index is 1.44. The summed E-state index contributed by atoms with van der Waals surface area (Å²) in [5.74, 6) is 0.679. The average Bonchev–Trinajstić information content (AvgIpc) is 3.31. The summed E-state index contributed by atoms with van der Waals surface area (Å²) >= 11 is 6.03. The summed E-state index contributed by atoms with van der Waals surface area (Å²) in [7, 11) is 0. The first-order valence-electron chi connectivity index (χ1n) is 9.42. The van der Waals surface area contributed by atoms with Gasteiger partial charge in [0.15, 0.2) is 10.8 Å². The number of urea groups is 1. The molecule has 1 unspecified atom stereocenters. The van der Waals surface area contributed by atoms with Crippen LogP contribution in [0.1, 0.15) is 44.2 Å². The number of hydrogen-bond donors (Lipinski definition) is 0. The highest BCUT2D eigenvalue weighted by Crippen LogP contribution is 2.29. The molecule has 0 bridgehead atoms. The first-order chi connectivity index (χ1) is 12.7. The third-order valence-electron chi connectivity index (χ3n) is 5.82. The van der Waals surface area contributed by atoms with Crippen LogP contribution in [0.15, 0.2) is 6.20 Å². The fraction of sp³-hybridized carbons (Fsp3) is 0.667. The average molecular weight is 375 g/mol. The van der Waals surface area contributed by atoms with Crippen LogP contribution in [0.25, 0.3) is 0 Å². The van der Waals surface area contributed by atoms with Crippen molar-refractivity contribution in [3.8, 4) is 6.07 Å². The molecule has 1 saturated carbocycles. The van der Waals surface area contributed by atoms with Gasteiger partial charge in [0.05, 0.1) is 12.2 Å². The number of nitrogens with zero attached hydrogens (tertiary/aromatic N) is 6. The number of anilines is 1. The van der Waals surface area contributed by atoms with Crippen molar-refractivity contribution < 1.29 is 4.79 Å². The van der Waals surface area contributed by atoms with Crippen molar-refractivity contribution in [1.82, 2.24) is 19.8 Å². The summed E-state index contributed by atoms with van der Waals surface area (Å²) in [6.07, 6.45) is 8.39. The molecule has 7 nitrogen and oxygen atoms in total. The molecule has 3 fully saturated rings. The van der Waals surface area contributed by atoms with Crippen LogP contribution in [0.3, 0.4) is 0 Å². The van der Waals surface area contributed by atoms with E-state index in [9.17, 15) is 4.79 Å². The van der Waals surface area contributed by atoms with Crippen LogP contribution >= 0.6 is 11.6 Å². The smallest absolute Gasteiger partial charge is 0.320 e. The number of amides is 2. The Labute approximate surface area is 158 Å². The van der Waals surface area contributed by atoms with Gasteiger partial charge in [-0.1, -0.05) is 24.4 Å². The minimum Gasteiger partial charge on any atom is -0.353 e. The molecule has 8 heteroatoms. The van der Waals surface area contributed by atoms with E-state index in [1.165, 1.54) is 12.8 Å². The number of nitriles is 1. The van der Waals surface area contributed by atoms with Gasteiger partial charge in [0.2, 0.25) is 0 Å². The van der Waals surface area contributed by atoms with Crippen molar-refractivity contribution in [2.75, 3.05) is 31.1 Å². The Morgan fingerprint density at radius 3 is 2.46 bits per heavy atom. The van der Waals surface area contributed by atoms with Crippen molar-refractivity contribution >= 4 is 23.4 Å². The summed E-state index contributed by atoms with van der Waals surface area (Å²) < 4.78 is 0. The first kappa shape index (κ1) is 17.3. The lowest BCUT2D eigenvalue weighted by Gasteiger charge is -2.38. The molecule has 2 aliphatic heterocycles. The van der Waals surface area contributed by atoms with E-state index < -0.39 is 0 Å². The van der Waals surface area contributed by atoms with Crippen LogP contribution in [-0.2, 0) is 0 Å². The molecule has 0 spiro atoms. The number of aromatic nitrogens is 2. The third-order valence-corrected chi connectivity index (χ3v) is 6.09. The molecule has 1 aliphatic carbocycles. The maximum Gasteiger partial charge on any atom is 0.320 e. The quantitative estimate of drug-likeness (QED) is 0.812. The van der Waals surface area contributed by atoms with E-state index in [0.717, 1.165) is 51.9 Å². The number of carbonyl (C=O) groups excluding carboxylic acids is 1. The lowest BCUT2D eigenvalue weighted by molar-refractivity contribution is 0.160. The van der Waals surface area contributed by atoms with Crippen molar-refractivity contribution in [2.45, 2.75) is 50.6 Å². The van der Waals surface area contributed by atoms with Gasteiger partial charge in [0.1, 0.15) is 11.9 Å². The highest BCUT2D eigenvalue weighted by atomic mass is 35.5. The highest BCUT2D eigenvalue weighted by Gasteiger charge is 2.39. The van der Waals surface area contributed by atoms with Crippen LogP contribution in [0.5, 0.6) is 0 Å². The Kier molecular flexibility index (Phi) is 4.86. The zero-order valence-electron chi connectivity index (χ0n) is 14.8. The standard InChI is InChI=1S/C18H23ClN6O/c19-17-15(10-20)21-11-16(22-17)23-7-3-6-14(12-23)25-9-8-24(18(25)26)13-4-1-2-5-13/h11,13-14H,1-9,12H2. The van der Waals surface area contributed by atoms with E-state index in [4.69, 9.17) is 16.9 Å². The number of piperidine rings is 1. The summed E-state index contributed by atoms with van der Waals surface area (Å²) in [6.45, 7) is 3.26. The van der Waals surface area contributed by atoms with E-state index >= 15 is 0 Å². The second-order valence-electron chi connectivity index (χ2n) is 7.33. The molecule has 0 radical (unpaired) electrons. The topological polar surface area (TPSA) is 76.4 Å². The molecule has 138 valence electrons. The number of carbonyl (C=O) groups is 1. The van der Waals surface area contributed by atoms with Crippen molar-refractivity contribution in [3.63, 3.8) is 0 Å². The fourth-order valence-corrected chi connectivity index (χ4v) is 4.65. The van der Waals surface area contributed by atoms with Crippen LogP contribution in [0.2, 0.25) is 5.15 Å². The molecule has 3 heterocycles. The van der Waals surface area contributed by atoms with Crippen molar-refractivity contribution in [1.29, 1.82) is 5.26 Å². The normalized spacial score (nSPS) is 24.4. The largest absolute Gasteiger partial charge is 0.353 e. The minimum atomic E-state index is 0.136. The summed E-state index contributed by atoms with van der Waals surface area (Å²) in [4.78, 5) is 27.6. The maximum absolute atomic E-state index is 12.9. The van der Waals surface area contributed by atoms with Crippen LogP contribution < -0.4 is 4.90 Å². The van der Waals surface area contributed by atoms with Crippen LogP contribution in [0.4, 0.5) is 10.6 Å². The Morgan fingerprint density at radius 2 is 1.77 bits per heavy atom. The third kappa shape index (κ3) is 3.18. The summed E-state index contributed by atoms with van der Waals surface area (Å²) in [6, 6.07) is 2.77. The number of hydrogen-bond acceptors (Lipinski definition) is 5. The van der Waals surface area contributed by atoms with Gasteiger partial charge >= 0.3 is 6.03 Å². The van der Waals surface area contributed by atoms with Crippen molar-refractivity contribution in [3.05, 3.63) is 17.0 Å². The van der Waals surface area contributed by atoms with Crippen LogP contribution in [-0.4, -0.2) is 64.1 Å². The predicted molar refractivity (Wildman–Crippen MR) is 98.1 cm³/mol. The Hall–Kier alpha value is -2.07. The SMILES string of the molecule is N#Cc1ncc(N2CCCC(N3CCN(C4CCCC4)C3=O)C2)nc1Cl. The zero-order valence-corrected chi connectivity index (χ0v) is 15.5. The molecule has 0 aromatic carbocycles. The molecule has 26 heavy (non-hydrogen) atoms. The van der Waals surface area contributed by atoms with E-state index in [2.05, 4.69) is 19.8 Å². The van der Waals surface area contributed by atoms with Gasteiger partial charge in [-0.05, 0) is 25.7 Å². The highest BCUT2D eigenvalue weighted by molar-refractivity contribution is 6.30. The lowest BCUT2D eigenvalue weighted by Crippen LogP contribution is -2.50. The molecule has 2 amide bonds. The van der Waals surface area contributed by atoms with Gasteiger partial charge in [-0.15, -0.1) is 0 Å². The molecule has 2 saturated heterocycles. The molecule has 0 N–H and O–H groups in total. The van der Waals surface area contributed by atoms with E-state index in [1.807, 2.05) is 11.0 Å². The maximum atomic E-state index is 12.9. The number of rotatable bonds is 3. The molecule has 1 aromatic rings. The summed E-state index contributed by atoms with van der Waals surface area (Å²) in [5.41, 5.74) is 0.144. The number of halogens is 1. The van der Waals surface area contributed by atoms with Gasteiger partial charge in [-0.2, -0.15) is 5.26 Å². The van der Waals surface area contributed by atoms with E-state index in [0.29, 0.717) is 11.9 Å².